The highest BCUT2D eigenvalue weighted by molar-refractivity contribution is 5.95. The average Bonchev–Trinajstić information content (AvgIpc) is 3.00. The molecular formula is C26H35N5O4. The first-order valence-electron chi connectivity index (χ1n) is 12.1. The Morgan fingerprint density at radius 3 is 2.46 bits per heavy atom. The quantitative estimate of drug-likeness (QED) is 0.543. The van der Waals surface area contributed by atoms with Crippen molar-refractivity contribution in [2.24, 2.45) is 0 Å². The van der Waals surface area contributed by atoms with Gasteiger partial charge in [0.1, 0.15) is 24.7 Å². The second kappa shape index (κ2) is 12.4. The molecule has 1 aromatic carbocycles. The minimum absolute atomic E-state index is 0.0699. The molecule has 1 atom stereocenters. The monoisotopic (exact) mass is 481 g/mol. The summed E-state index contributed by atoms with van der Waals surface area (Å²) in [5.74, 6) is -0.114. The zero-order valence-electron chi connectivity index (χ0n) is 21.1. The third kappa shape index (κ3) is 7.32. The molecule has 0 aliphatic carbocycles. The molecule has 0 radical (unpaired) electrons. The molecule has 3 amide bonds. The molecule has 1 aromatic heterocycles. The zero-order valence-corrected chi connectivity index (χ0v) is 21.1. The smallest absolute Gasteiger partial charge is 0.273 e. The lowest BCUT2D eigenvalue weighted by molar-refractivity contribution is -0.138. The molecule has 1 aliphatic heterocycles. The Labute approximate surface area is 207 Å². The van der Waals surface area contributed by atoms with Gasteiger partial charge in [0.2, 0.25) is 11.8 Å². The SMILES string of the molecule is CCN(CC)C(=O)COC1CN(CCc2ccccc2)C(=O)CN(C(=O)c2cc(C)nc(C)n2)C1. The lowest BCUT2D eigenvalue weighted by Crippen LogP contribution is -2.42. The number of likely N-dealkylation sites (N-methyl/N-ethyl adjacent to an activating group) is 1. The Morgan fingerprint density at radius 2 is 1.80 bits per heavy atom. The van der Waals surface area contributed by atoms with Crippen LogP contribution in [0.2, 0.25) is 0 Å². The molecule has 9 heteroatoms. The van der Waals surface area contributed by atoms with Crippen LogP contribution >= 0.6 is 0 Å². The minimum atomic E-state index is -0.496. The highest BCUT2D eigenvalue weighted by Crippen LogP contribution is 2.14. The number of ether oxygens (including phenoxy) is 1. The molecule has 2 aromatic rings. The van der Waals surface area contributed by atoms with Crippen molar-refractivity contribution in [1.82, 2.24) is 24.7 Å². The molecule has 3 rings (SSSR count). The van der Waals surface area contributed by atoms with Crippen LogP contribution in [0.25, 0.3) is 0 Å². The number of hydrogen-bond donors (Lipinski definition) is 0. The molecule has 0 spiro atoms. The van der Waals surface area contributed by atoms with E-state index >= 15 is 0 Å². The molecule has 1 unspecified atom stereocenters. The summed E-state index contributed by atoms with van der Waals surface area (Å²) in [7, 11) is 0. The Morgan fingerprint density at radius 1 is 1.09 bits per heavy atom. The third-order valence-corrected chi connectivity index (χ3v) is 6.07. The molecule has 1 fully saturated rings. The second-order valence-electron chi connectivity index (χ2n) is 8.70. The van der Waals surface area contributed by atoms with Gasteiger partial charge < -0.3 is 19.4 Å². The number of hydrogen-bond acceptors (Lipinski definition) is 6. The maximum Gasteiger partial charge on any atom is 0.273 e. The van der Waals surface area contributed by atoms with Gasteiger partial charge >= 0.3 is 0 Å². The average molecular weight is 482 g/mol. The van der Waals surface area contributed by atoms with Gasteiger partial charge in [-0.15, -0.1) is 0 Å². The number of nitrogens with zero attached hydrogens (tertiary/aromatic N) is 5. The number of carbonyl (C=O) groups excluding carboxylic acids is 3. The summed E-state index contributed by atoms with van der Waals surface area (Å²) in [6, 6.07) is 11.6. The van der Waals surface area contributed by atoms with E-state index in [2.05, 4.69) is 9.97 Å². The van der Waals surface area contributed by atoms with Gasteiger partial charge in [0.05, 0.1) is 6.10 Å². The van der Waals surface area contributed by atoms with Gasteiger partial charge in [-0.05, 0) is 45.7 Å². The fourth-order valence-electron chi connectivity index (χ4n) is 4.21. The van der Waals surface area contributed by atoms with Crippen LogP contribution in [-0.2, 0) is 20.7 Å². The molecule has 0 saturated carbocycles. The van der Waals surface area contributed by atoms with E-state index in [9.17, 15) is 14.4 Å². The van der Waals surface area contributed by atoms with E-state index in [0.29, 0.717) is 44.1 Å². The molecule has 0 bridgehead atoms. The van der Waals surface area contributed by atoms with E-state index in [1.165, 1.54) is 4.90 Å². The predicted octanol–water partition coefficient (Wildman–Crippen LogP) is 1.87. The van der Waals surface area contributed by atoms with Crippen LogP contribution in [0.3, 0.4) is 0 Å². The van der Waals surface area contributed by atoms with Gasteiger partial charge in [-0.2, -0.15) is 0 Å². The second-order valence-corrected chi connectivity index (χ2v) is 8.70. The fraction of sp³-hybridized carbons (Fsp3) is 0.500. The number of rotatable bonds is 9. The summed E-state index contributed by atoms with van der Waals surface area (Å²) < 4.78 is 5.99. The highest BCUT2D eigenvalue weighted by Gasteiger charge is 2.32. The van der Waals surface area contributed by atoms with Crippen LogP contribution in [0.5, 0.6) is 0 Å². The molecule has 35 heavy (non-hydrogen) atoms. The van der Waals surface area contributed by atoms with Crippen molar-refractivity contribution in [3.8, 4) is 0 Å². The lowest BCUT2D eigenvalue weighted by atomic mass is 10.1. The third-order valence-electron chi connectivity index (χ3n) is 6.07. The molecule has 188 valence electrons. The fourth-order valence-corrected chi connectivity index (χ4v) is 4.21. The zero-order chi connectivity index (χ0) is 25.4. The van der Waals surface area contributed by atoms with Crippen LogP contribution in [0.1, 0.15) is 41.4 Å². The summed E-state index contributed by atoms with van der Waals surface area (Å²) in [6.45, 7) is 9.41. The Balaban J connectivity index is 1.77. The molecule has 1 saturated heterocycles. The first-order chi connectivity index (χ1) is 16.8. The number of aryl methyl sites for hydroxylation is 2. The molecule has 9 nitrogen and oxygen atoms in total. The predicted molar refractivity (Wildman–Crippen MR) is 132 cm³/mol. The van der Waals surface area contributed by atoms with E-state index in [1.54, 1.807) is 29.7 Å². The van der Waals surface area contributed by atoms with Crippen LogP contribution in [0.15, 0.2) is 36.4 Å². The summed E-state index contributed by atoms with van der Waals surface area (Å²) in [6.07, 6.45) is 0.195. The van der Waals surface area contributed by atoms with Crippen molar-refractivity contribution in [3.05, 3.63) is 59.2 Å². The van der Waals surface area contributed by atoms with Crippen molar-refractivity contribution in [3.63, 3.8) is 0 Å². The molecule has 2 heterocycles. The van der Waals surface area contributed by atoms with Crippen molar-refractivity contribution < 1.29 is 19.1 Å². The van der Waals surface area contributed by atoms with E-state index in [0.717, 1.165) is 5.56 Å². The van der Waals surface area contributed by atoms with Crippen LogP contribution in [0.4, 0.5) is 0 Å². The van der Waals surface area contributed by atoms with Crippen LogP contribution < -0.4 is 0 Å². The van der Waals surface area contributed by atoms with E-state index in [4.69, 9.17) is 4.74 Å². The maximum absolute atomic E-state index is 13.3. The van der Waals surface area contributed by atoms with Gasteiger partial charge in [0.15, 0.2) is 0 Å². The summed E-state index contributed by atoms with van der Waals surface area (Å²) >= 11 is 0. The number of benzene rings is 1. The number of amides is 3. The van der Waals surface area contributed by atoms with Crippen molar-refractivity contribution >= 4 is 17.7 Å². The highest BCUT2D eigenvalue weighted by atomic mass is 16.5. The van der Waals surface area contributed by atoms with E-state index in [-0.39, 0.29) is 43.1 Å². The molecule has 1 aliphatic rings. The standard InChI is InChI=1S/C26H35N5O4/c1-5-29(6-2)25(33)18-35-22-15-30(13-12-21-10-8-7-9-11-21)24(32)17-31(16-22)26(34)23-14-19(3)27-20(4)28-23/h7-11,14,22H,5-6,12-13,15-18H2,1-4H3. The lowest BCUT2D eigenvalue weighted by Gasteiger charge is -2.26. The van der Waals surface area contributed by atoms with Crippen molar-refractivity contribution in [2.45, 2.75) is 40.2 Å². The van der Waals surface area contributed by atoms with Gasteiger partial charge in [-0.3, -0.25) is 14.4 Å². The summed E-state index contributed by atoms with van der Waals surface area (Å²) in [5.41, 5.74) is 2.06. The van der Waals surface area contributed by atoms with Crippen LogP contribution in [-0.4, -0.2) is 94.4 Å². The van der Waals surface area contributed by atoms with Crippen molar-refractivity contribution in [1.29, 1.82) is 0 Å². The van der Waals surface area contributed by atoms with E-state index in [1.807, 2.05) is 44.2 Å². The van der Waals surface area contributed by atoms with Gasteiger partial charge in [-0.1, -0.05) is 30.3 Å². The first-order valence-corrected chi connectivity index (χ1v) is 12.1. The number of carbonyl (C=O) groups is 3. The van der Waals surface area contributed by atoms with Gasteiger partial charge in [0, 0.05) is 38.4 Å². The van der Waals surface area contributed by atoms with Gasteiger partial charge in [0.25, 0.3) is 5.91 Å². The van der Waals surface area contributed by atoms with Crippen LogP contribution in [0, 0.1) is 13.8 Å². The maximum atomic E-state index is 13.3. The van der Waals surface area contributed by atoms with E-state index < -0.39 is 6.10 Å². The Hall–Kier alpha value is -3.33. The Kier molecular flexibility index (Phi) is 9.31. The summed E-state index contributed by atoms with van der Waals surface area (Å²) in [5, 5.41) is 0. The topological polar surface area (TPSA) is 95.9 Å². The normalized spacial score (nSPS) is 16.2. The molecular weight excluding hydrogens is 446 g/mol. The largest absolute Gasteiger partial charge is 0.365 e. The molecule has 0 N–H and O–H groups in total. The minimum Gasteiger partial charge on any atom is -0.365 e. The Bertz CT molecular complexity index is 1010. The van der Waals surface area contributed by atoms with Gasteiger partial charge in [-0.25, -0.2) is 9.97 Å². The number of aromatic nitrogens is 2. The first kappa shape index (κ1) is 26.3. The summed E-state index contributed by atoms with van der Waals surface area (Å²) in [4.78, 5) is 52.4. The van der Waals surface area contributed by atoms with Crippen molar-refractivity contribution in [2.75, 3.05) is 45.9 Å².